The van der Waals surface area contributed by atoms with Gasteiger partial charge in [0.25, 0.3) is 5.91 Å². The standard InChI is InChI=1S/C15H17Cl3N2O3/c1-8-3-9(2)6-20(5-8)11(21)7-23-15(22)14-13(18)12(17)10(16)4-19-14/h4,8-9H,3,5-7H2,1-2H3/t8-,9-/m0/s1. The molecule has 1 aromatic heterocycles. The highest BCUT2D eigenvalue weighted by Crippen LogP contribution is 2.31. The highest BCUT2D eigenvalue weighted by molar-refractivity contribution is 6.48. The smallest absolute Gasteiger partial charge is 0.359 e. The van der Waals surface area contributed by atoms with E-state index in [1.165, 1.54) is 6.20 Å². The number of likely N-dealkylation sites (tertiary alicyclic amines) is 1. The summed E-state index contributed by atoms with van der Waals surface area (Å²) >= 11 is 17.5. The van der Waals surface area contributed by atoms with Gasteiger partial charge in [-0.3, -0.25) is 4.79 Å². The minimum atomic E-state index is -0.806. The second-order valence-corrected chi connectivity index (χ2v) is 7.07. The maximum atomic E-state index is 12.2. The van der Waals surface area contributed by atoms with Crippen LogP contribution >= 0.6 is 34.8 Å². The molecule has 23 heavy (non-hydrogen) atoms. The lowest BCUT2D eigenvalue weighted by Gasteiger charge is -2.34. The molecule has 0 radical (unpaired) electrons. The van der Waals surface area contributed by atoms with Crippen molar-refractivity contribution in [2.24, 2.45) is 11.8 Å². The number of halogens is 3. The maximum absolute atomic E-state index is 12.2. The second-order valence-electron chi connectivity index (χ2n) is 5.90. The van der Waals surface area contributed by atoms with Crippen molar-refractivity contribution in [2.45, 2.75) is 20.3 Å². The zero-order chi connectivity index (χ0) is 17.1. The van der Waals surface area contributed by atoms with E-state index in [0.717, 1.165) is 6.42 Å². The number of aromatic nitrogens is 1. The zero-order valence-corrected chi connectivity index (χ0v) is 15.1. The first-order valence-electron chi connectivity index (χ1n) is 7.24. The van der Waals surface area contributed by atoms with Crippen LogP contribution in [0.4, 0.5) is 0 Å². The molecule has 0 saturated carbocycles. The van der Waals surface area contributed by atoms with Gasteiger partial charge in [-0.1, -0.05) is 48.7 Å². The molecule has 0 aromatic carbocycles. The van der Waals surface area contributed by atoms with Crippen LogP contribution in [0.25, 0.3) is 0 Å². The van der Waals surface area contributed by atoms with Crippen molar-refractivity contribution < 1.29 is 14.3 Å². The van der Waals surface area contributed by atoms with Crippen molar-refractivity contribution in [3.63, 3.8) is 0 Å². The first-order chi connectivity index (χ1) is 10.8. The Labute approximate surface area is 149 Å². The molecule has 1 aromatic rings. The van der Waals surface area contributed by atoms with Gasteiger partial charge in [0.15, 0.2) is 12.3 Å². The molecule has 5 nitrogen and oxygen atoms in total. The molecule has 1 aliphatic heterocycles. The molecule has 1 aliphatic rings. The molecule has 0 bridgehead atoms. The maximum Gasteiger partial charge on any atom is 0.359 e. The number of carbonyl (C=O) groups is 2. The van der Waals surface area contributed by atoms with Gasteiger partial charge in [-0.25, -0.2) is 9.78 Å². The molecule has 0 unspecified atom stereocenters. The van der Waals surface area contributed by atoms with Crippen LogP contribution in [-0.4, -0.2) is 41.5 Å². The molecular weight excluding hydrogens is 363 g/mol. The monoisotopic (exact) mass is 378 g/mol. The summed E-state index contributed by atoms with van der Waals surface area (Å²) in [6, 6.07) is 0. The molecule has 2 heterocycles. The van der Waals surface area contributed by atoms with Gasteiger partial charge >= 0.3 is 5.97 Å². The van der Waals surface area contributed by atoms with Crippen molar-refractivity contribution in [2.75, 3.05) is 19.7 Å². The van der Waals surface area contributed by atoms with Crippen molar-refractivity contribution in [1.82, 2.24) is 9.88 Å². The zero-order valence-electron chi connectivity index (χ0n) is 12.8. The fraction of sp³-hybridized carbons (Fsp3) is 0.533. The SMILES string of the molecule is C[C@H]1C[C@H](C)CN(C(=O)COC(=O)c2ncc(Cl)c(Cl)c2Cl)C1. The summed E-state index contributed by atoms with van der Waals surface area (Å²) in [5.41, 5.74) is -0.158. The Morgan fingerprint density at radius 2 is 1.83 bits per heavy atom. The van der Waals surface area contributed by atoms with E-state index >= 15 is 0 Å². The largest absolute Gasteiger partial charge is 0.451 e. The molecule has 8 heteroatoms. The molecule has 0 spiro atoms. The van der Waals surface area contributed by atoms with Crippen molar-refractivity contribution in [1.29, 1.82) is 0 Å². The number of nitrogens with zero attached hydrogens (tertiary/aromatic N) is 2. The average Bonchev–Trinajstić information content (AvgIpc) is 2.49. The Bertz CT molecular complexity index is 614. The summed E-state index contributed by atoms with van der Waals surface area (Å²) in [5.74, 6) is -0.165. The van der Waals surface area contributed by atoms with Gasteiger partial charge in [-0.2, -0.15) is 0 Å². The lowest BCUT2D eigenvalue weighted by molar-refractivity contribution is -0.137. The number of amides is 1. The summed E-state index contributed by atoms with van der Waals surface area (Å²) in [6.45, 7) is 5.19. The number of esters is 1. The van der Waals surface area contributed by atoms with E-state index < -0.39 is 5.97 Å². The van der Waals surface area contributed by atoms with Crippen LogP contribution in [-0.2, 0) is 9.53 Å². The molecular formula is C15H17Cl3N2O3. The number of rotatable bonds is 3. The summed E-state index contributed by atoms with van der Waals surface area (Å²) in [4.78, 5) is 29.7. The summed E-state index contributed by atoms with van der Waals surface area (Å²) in [5, 5.41) is 0.0812. The van der Waals surface area contributed by atoms with Gasteiger partial charge in [0.2, 0.25) is 0 Å². The third-order valence-electron chi connectivity index (χ3n) is 3.66. The summed E-state index contributed by atoms with van der Waals surface area (Å²) < 4.78 is 5.01. The van der Waals surface area contributed by atoms with Crippen LogP contribution in [0.3, 0.4) is 0 Å². The van der Waals surface area contributed by atoms with Crippen LogP contribution in [0, 0.1) is 11.8 Å². The van der Waals surface area contributed by atoms with Crippen LogP contribution < -0.4 is 0 Å². The summed E-state index contributed by atoms with van der Waals surface area (Å²) in [7, 11) is 0. The molecule has 1 fully saturated rings. The van der Waals surface area contributed by atoms with Crippen molar-refractivity contribution in [3.05, 3.63) is 27.0 Å². The summed E-state index contributed by atoms with van der Waals surface area (Å²) in [6.07, 6.45) is 2.30. The second kappa shape index (κ2) is 7.69. The van der Waals surface area contributed by atoms with Gasteiger partial charge in [-0.05, 0) is 18.3 Å². The van der Waals surface area contributed by atoms with E-state index in [4.69, 9.17) is 39.5 Å². The van der Waals surface area contributed by atoms with Gasteiger partial charge < -0.3 is 9.64 Å². The van der Waals surface area contributed by atoms with E-state index in [-0.39, 0.29) is 33.3 Å². The molecule has 0 aliphatic carbocycles. The lowest BCUT2D eigenvalue weighted by atomic mass is 9.92. The Kier molecular flexibility index (Phi) is 6.12. The van der Waals surface area contributed by atoms with Crippen molar-refractivity contribution in [3.8, 4) is 0 Å². The lowest BCUT2D eigenvalue weighted by Crippen LogP contribution is -2.44. The molecule has 1 saturated heterocycles. The number of ether oxygens (including phenoxy) is 1. The van der Waals surface area contributed by atoms with Gasteiger partial charge in [0, 0.05) is 19.3 Å². The first kappa shape index (κ1) is 18.3. The van der Waals surface area contributed by atoms with Crippen LogP contribution in [0.1, 0.15) is 30.8 Å². The number of hydrogen-bond donors (Lipinski definition) is 0. The molecule has 1 amide bonds. The third-order valence-corrected chi connectivity index (χ3v) is 4.90. The molecule has 0 N–H and O–H groups in total. The van der Waals surface area contributed by atoms with E-state index in [0.29, 0.717) is 24.9 Å². The van der Waals surface area contributed by atoms with E-state index in [2.05, 4.69) is 18.8 Å². The Morgan fingerprint density at radius 1 is 1.22 bits per heavy atom. The number of carbonyl (C=O) groups excluding carboxylic acids is 2. The fourth-order valence-corrected chi connectivity index (χ4v) is 3.30. The van der Waals surface area contributed by atoms with E-state index in [1.807, 2.05) is 0 Å². The van der Waals surface area contributed by atoms with E-state index in [9.17, 15) is 9.59 Å². The quantitative estimate of drug-likeness (QED) is 0.751. The predicted molar refractivity (Wildman–Crippen MR) is 89.1 cm³/mol. The normalized spacial score (nSPS) is 21.2. The molecule has 2 rings (SSSR count). The molecule has 2 atom stereocenters. The first-order valence-corrected chi connectivity index (χ1v) is 8.37. The highest BCUT2D eigenvalue weighted by atomic mass is 35.5. The van der Waals surface area contributed by atoms with Gasteiger partial charge in [0.1, 0.15) is 0 Å². The number of piperidine rings is 1. The topological polar surface area (TPSA) is 59.5 Å². The Balaban J connectivity index is 1.96. The van der Waals surface area contributed by atoms with Crippen LogP contribution in [0.5, 0.6) is 0 Å². The van der Waals surface area contributed by atoms with Gasteiger partial charge in [-0.15, -0.1) is 0 Å². The predicted octanol–water partition coefficient (Wildman–Crippen LogP) is 3.70. The Morgan fingerprint density at radius 3 is 2.43 bits per heavy atom. The fourth-order valence-electron chi connectivity index (χ4n) is 2.74. The Hall–Kier alpha value is -1.04. The third kappa shape index (κ3) is 4.49. The minimum absolute atomic E-state index is 0.0280. The van der Waals surface area contributed by atoms with E-state index in [1.54, 1.807) is 4.90 Å². The van der Waals surface area contributed by atoms with Crippen LogP contribution in [0.2, 0.25) is 15.1 Å². The molecule has 126 valence electrons. The van der Waals surface area contributed by atoms with Gasteiger partial charge in [0.05, 0.1) is 15.1 Å². The van der Waals surface area contributed by atoms with Crippen molar-refractivity contribution >= 4 is 46.7 Å². The van der Waals surface area contributed by atoms with Crippen LogP contribution in [0.15, 0.2) is 6.20 Å². The highest BCUT2D eigenvalue weighted by Gasteiger charge is 2.26. The number of hydrogen-bond acceptors (Lipinski definition) is 4. The minimum Gasteiger partial charge on any atom is -0.451 e. The average molecular weight is 380 g/mol. The number of pyridine rings is 1.